The van der Waals surface area contributed by atoms with Crippen LogP contribution in [0.1, 0.15) is 32.3 Å². The van der Waals surface area contributed by atoms with E-state index >= 15 is 0 Å². The molecule has 1 aromatic rings. The van der Waals surface area contributed by atoms with E-state index in [4.69, 9.17) is 0 Å². The first kappa shape index (κ1) is 11.1. The van der Waals surface area contributed by atoms with Gasteiger partial charge in [-0.1, -0.05) is 13.0 Å². The first-order valence-electron chi connectivity index (χ1n) is 5.75. The molecule has 0 radical (unpaired) electrons. The van der Waals surface area contributed by atoms with E-state index in [-0.39, 0.29) is 11.9 Å². The predicted octanol–water partition coefficient (Wildman–Crippen LogP) is 1.66. The van der Waals surface area contributed by atoms with Gasteiger partial charge in [-0.25, -0.2) is 15.4 Å². The lowest BCUT2D eigenvalue weighted by molar-refractivity contribution is -0.119. The summed E-state index contributed by atoms with van der Waals surface area (Å²) in [4.78, 5) is 16.1. The zero-order valence-corrected chi connectivity index (χ0v) is 9.73. The van der Waals surface area contributed by atoms with Crippen LogP contribution in [0.25, 0.3) is 0 Å². The molecule has 0 aliphatic carbocycles. The fraction of sp³-hybridized carbons (Fsp3) is 0.500. The molecule has 0 spiro atoms. The average molecular weight is 219 g/mol. The number of carbonyl (C=O) groups excluding carboxylic acids is 1. The van der Waals surface area contributed by atoms with Gasteiger partial charge in [-0.05, 0) is 31.4 Å². The summed E-state index contributed by atoms with van der Waals surface area (Å²) in [5, 5.41) is 1.60. The fourth-order valence-electron chi connectivity index (χ4n) is 1.74. The number of rotatable bonds is 3. The molecule has 2 heterocycles. The Kier molecular flexibility index (Phi) is 3.19. The van der Waals surface area contributed by atoms with Crippen LogP contribution in [0.3, 0.4) is 0 Å². The molecule has 1 amide bonds. The summed E-state index contributed by atoms with van der Waals surface area (Å²) in [5.74, 6) is 0.866. The van der Waals surface area contributed by atoms with Gasteiger partial charge in [0.15, 0.2) is 5.82 Å². The first-order valence-corrected chi connectivity index (χ1v) is 5.75. The van der Waals surface area contributed by atoms with E-state index in [0.717, 1.165) is 24.2 Å². The van der Waals surface area contributed by atoms with Crippen LogP contribution in [0.15, 0.2) is 18.3 Å². The maximum absolute atomic E-state index is 11.8. The Morgan fingerprint density at radius 1 is 1.56 bits per heavy atom. The quantitative estimate of drug-likeness (QED) is 0.841. The lowest BCUT2D eigenvalue weighted by Crippen LogP contribution is -2.49. The molecule has 1 aromatic heterocycles. The number of aromatic nitrogens is 1. The van der Waals surface area contributed by atoms with Gasteiger partial charge >= 0.3 is 0 Å². The summed E-state index contributed by atoms with van der Waals surface area (Å²) >= 11 is 0. The van der Waals surface area contributed by atoms with Crippen molar-refractivity contribution in [3.8, 4) is 0 Å². The predicted molar refractivity (Wildman–Crippen MR) is 62.9 cm³/mol. The van der Waals surface area contributed by atoms with Gasteiger partial charge in [-0.3, -0.25) is 4.79 Å². The summed E-state index contributed by atoms with van der Waals surface area (Å²) in [5.41, 5.74) is 4.33. The summed E-state index contributed by atoms with van der Waals surface area (Å²) in [6.07, 6.45) is 4.05. The monoisotopic (exact) mass is 219 g/mol. The van der Waals surface area contributed by atoms with Gasteiger partial charge in [0.1, 0.15) is 0 Å². The van der Waals surface area contributed by atoms with Crippen LogP contribution in [0.4, 0.5) is 5.82 Å². The minimum absolute atomic E-state index is 0.103. The van der Waals surface area contributed by atoms with Crippen molar-refractivity contribution in [2.45, 2.75) is 39.2 Å². The van der Waals surface area contributed by atoms with Gasteiger partial charge in [0, 0.05) is 18.7 Å². The van der Waals surface area contributed by atoms with Crippen LogP contribution in [0.2, 0.25) is 0 Å². The number of nitrogens with zero attached hydrogens (tertiary/aromatic N) is 2. The Hall–Kier alpha value is -1.42. The average Bonchev–Trinajstić information content (AvgIpc) is 2.32. The first-order chi connectivity index (χ1) is 7.72. The molecule has 1 atom stereocenters. The van der Waals surface area contributed by atoms with Crippen LogP contribution >= 0.6 is 0 Å². The molecule has 1 unspecified atom stereocenters. The van der Waals surface area contributed by atoms with Crippen molar-refractivity contribution in [3.05, 3.63) is 23.9 Å². The van der Waals surface area contributed by atoms with Crippen LogP contribution in [0, 0.1) is 0 Å². The van der Waals surface area contributed by atoms with Crippen molar-refractivity contribution in [1.29, 1.82) is 0 Å². The molecule has 4 nitrogen and oxygen atoms in total. The summed E-state index contributed by atoms with van der Waals surface area (Å²) in [7, 11) is 0. The molecule has 1 aliphatic rings. The number of fused-ring (bicyclic) bond motifs is 1. The number of amides is 1. The van der Waals surface area contributed by atoms with Crippen LogP contribution in [-0.4, -0.2) is 16.9 Å². The van der Waals surface area contributed by atoms with Gasteiger partial charge < -0.3 is 0 Å². The number of aryl methyl sites for hydroxylation is 1. The van der Waals surface area contributed by atoms with Crippen molar-refractivity contribution in [1.82, 2.24) is 10.4 Å². The maximum Gasteiger partial charge on any atom is 0.243 e. The number of hydrazine groups is 1. The Morgan fingerprint density at radius 2 is 2.38 bits per heavy atom. The van der Waals surface area contributed by atoms with Gasteiger partial charge in [-0.15, -0.1) is 0 Å². The molecule has 0 aromatic carbocycles. The molecular weight excluding hydrogens is 202 g/mol. The van der Waals surface area contributed by atoms with Crippen LogP contribution < -0.4 is 10.4 Å². The second-order valence-electron chi connectivity index (χ2n) is 4.15. The molecule has 0 bridgehead atoms. The molecule has 0 saturated heterocycles. The third-order valence-electron chi connectivity index (χ3n) is 2.90. The largest absolute Gasteiger partial charge is 0.273 e. The standard InChI is InChI=1S/C12H17N3O/c1-3-9(2)14-15-11(16)7-6-10-5-4-8-13-12(10)15/h4-5,8-9,14H,3,6-7H2,1-2H3. The number of nitrogens with one attached hydrogen (secondary N) is 1. The minimum atomic E-state index is 0.103. The van der Waals surface area contributed by atoms with E-state index in [1.807, 2.05) is 12.1 Å². The zero-order chi connectivity index (χ0) is 11.5. The van der Waals surface area contributed by atoms with E-state index in [1.54, 1.807) is 11.2 Å². The third-order valence-corrected chi connectivity index (χ3v) is 2.90. The molecule has 1 aliphatic heterocycles. The topological polar surface area (TPSA) is 45.2 Å². The Labute approximate surface area is 95.6 Å². The molecule has 0 saturated carbocycles. The van der Waals surface area contributed by atoms with Gasteiger partial charge in [-0.2, -0.15) is 0 Å². The highest BCUT2D eigenvalue weighted by Crippen LogP contribution is 2.23. The Morgan fingerprint density at radius 3 is 3.12 bits per heavy atom. The van der Waals surface area contributed by atoms with Crippen molar-refractivity contribution in [3.63, 3.8) is 0 Å². The SMILES string of the molecule is CCC(C)NN1C(=O)CCc2cccnc21. The van der Waals surface area contributed by atoms with Crippen molar-refractivity contribution < 1.29 is 4.79 Å². The van der Waals surface area contributed by atoms with Crippen molar-refractivity contribution in [2.24, 2.45) is 0 Å². The number of hydrogen-bond donors (Lipinski definition) is 1. The molecule has 16 heavy (non-hydrogen) atoms. The third kappa shape index (κ3) is 2.07. The fourth-order valence-corrected chi connectivity index (χ4v) is 1.74. The summed E-state index contributed by atoms with van der Waals surface area (Å²) < 4.78 is 0. The Balaban J connectivity index is 2.26. The molecule has 4 heteroatoms. The highest BCUT2D eigenvalue weighted by Gasteiger charge is 2.25. The van der Waals surface area contributed by atoms with Crippen molar-refractivity contribution in [2.75, 3.05) is 5.01 Å². The normalized spacial score (nSPS) is 17.1. The number of anilines is 1. The van der Waals surface area contributed by atoms with E-state index in [1.165, 1.54) is 0 Å². The summed E-state index contributed by atoms with van der Waals surface area (Å²) in [6, 6.07) is 4.22. The maximum atomic E-state index is 11.8. The highest BCUT2D eigenvalue weighted by molar-refractivity contribution is 5.94. The van der Waals surface area contributed by atoms with E-state index in [9.17, 15) is 4.79 Å². The Bertz CT molecular complexity index is 392. The molecule has 0 fully saturated rings. The lowest BCUT2D eigenvalue weighted by Gasteiger charge is -2.30. The molecule has 1 N–H and O–H groups in total. The highest BCUT2D eigenvalue weighted by atomic mass is 16.2. The van der Waals surface area contributed by atoms with Crippen LogP contribution in [-0.2, 0) is 11.2 Å². The second kappa shape index (κ2) is 4.61. The van der Waals surface area contributed by atoms with Crippen LogP contribution in [0.5, 0.6) is 0 Å². The van der Waals surface area contributed by atoms with E-state index in [2.05, 4.69) is 24.3 Å². The zero-order valence-electron chi connectivity index (χ0n) is 9.73. The minimum Gasteiger partial charge on any atom is -0.273 e. The van der Waals surface area contributed by atoms with E-state index < -0.39 is 0 Å². The molecule has 86 valence electrons. The van der Waals surface area contributed by atoms with Crippen molar-refractivity contribution >= 4 is 11.7 Å². The van der Waals surface area contributed by atoms with Gasteiger partial charge in [0.2, 0.25) is 5.91 Å². The van der Waals surface area contributed by atoms with Gasteiger partial charge in [0.05, 0.1) is 0 Å². The summed E-state index contributed by atoms with van der Waals surface area (Å²) in [6.45, 7) is 4.15. The number of pyridine rings is 1. The number of carbonyl (C=O) groups is 1. The lowest BCUT2D eigenvalue weighted by atomic mass is 10.1. The van der Waals surface area contributed by atoms with E-state index in [0.29, 0.717) is 6.42 Å². The molecule has 2 rings (SSSR count). The number of hydrogen-bond acceptors (Lipinski definition) is 3. The molecular formula is C12H17N3O. The smallest absolute Gasteiger partial charge is 0.243 e. The van der Waals surface area contributed by atoms with Gasteiger partial charge in [0.25, 0.3) is 0 Å². The second-order valence-corrected chi connectivity index (χ2v) is 4.15.